The van der Waals surface area contributed by atoms with Crippen LogP contribution < -0.4 is 27.5 Å². The first kappa shape index (κ1) is 24.1. The maximum absolute atomic E-state index is 13.0. The van der Waals surface area contributed by atoms with Crippen molar-refractivity contribution in [3.05, 3.63) is 62.6 Å². The van der Waals surface area contributed by atoms with Gasteiger partial charge in [-0.25, -0.2) is 8.42 Å². The Hall–Kier alpha value is -4.14. The van der Waals surface area contributed by atoms with Crippen molar-refractivity contribution in [2.75, 3.05) is 4.72 Å². The number of nitro benzene ring substituents is 1. The zero-order valence-corrected chi connectivity index (χ0v) is 17.8. The highest BCUT2D eigenvalue weighted by atomic mass is 32.2. The predicted molar refractivity (Wildman–Crippen MR) is 114 cm³/mol. The van der Waals surface area contributed by atoms with E-state index < -0.39 is 60.8 Å². The summed E-state index contributed by atoms with van der Waals surface area (Å²) in [6, 6.07) is 5.43. The number of nitrogens with zero attached hydrogens (tertiary/aromatic N) is 3. The van der Waals surface area contributed by atoms with Crippen molar-refractivity contribution in [1.82, 2.24) is 4.57 Å². The highest BCUT2D eigenvalue weighted by Crippen LogP contribution is 2.21. The average Bonchev–Trinajstić information content (AvgIpc) is 2.71. The Morgan fingerprint density at radius 2 is 1.91 bits per heavy atom. The van der Waals surface area contributed by atoms with Crippen molar-refractivity contribution in [2.24, 2.45) is 22.4 Å². The van der Waals surface area contributed by atoms with Gasteiger partial charge in [0.1, 0.15) is 5.69 Å². The van der Waals surface area contributed by atoms with Gasteiger partial charge in [-0.3, -0.25) is 29.0 Å². The lowest BCUT2D eigenvalue weighted by atomic mass is 10.1. The number of non-ortho nitro benzene ring substituents is 1. The number of amides is 1. The molecular weight excluding hydrogens is 446 g/mol. The summed E-state index contributed by atoms with van der Waals surface area (Å²) in [7, 11) is -4.38. The number of carbonyl (C=O) groups is 1. The lowest BCUT2D eigenvalue weighted by molar-refractivity contribution is -0.385. The van der Waals surface area contributed by atoms with Crippen LogP contribution in [0.2, 0.25) is 0 Å². The highest BCUT2D eigenvalue weighted by Gasteiger charge is 2.30. The number of carbonyl (C=O) groups excluding carboxylic acids is 1. The van der Waals surface area contributed by atoms with Crippen LogP contribution in [0.5, 0.6) is 0 Å². The van der Waals surface area contributed by atoms with Crippen molar-refractivity contribution < 1.29 is 23.0 Å². The number of pyridine rings is 1. The van der Waals surface area contributed by atoms with E-state index in [-0.39, 0.29) is 5.69 Å². The number of rotatable bonds is 9. The third-order valence-electron chi connectivity index (χ3n) is 4.24. The van der Waals surface area contributed by atoms with Gasteiger partial charge in [0.05, 0.1) is 9.82 Å². The van der Waals surface area contributed by atoms with Crippen LogP contribution >= 0.6 is 0 Å². The number of primary amides is 1. The summed E-state index contributed by atoms with van der Waals surface area (Å²) < 4.78 is 28.4. The molecule has 1 aromatic heterocycles. The van der Waals surface area contributed by atoms with Crippen molar-refractivity contribution in [3.8, 4) is 0 Å². The van der Waals surface area contributed by atoms with E-state index in [1.165, 1.54) is 32.0 Å². The third-order valence-corrected chi connectivity index (χ3v) is 5.61. The number of benzene rings is 1. The SMILES string of the molecule is Cc1ccc(NS(=O)(=O)c2cccc([N+](=O)[O-])c2)c(=O)n1C(C(N)=O)C(C)ON=C(N)N. The molecule has 0 bridgehead atoms. The third kappa shape index (κ3) is 5.31. The van der Waals surface area contributed by atoms with Crippen molar-refractivity contribution >= 4 is 33.3 Å². The lowest BCUT2D eigenvalue weighted by Crippen LogP contribution is -2.42. The largest absolute Gasteiger partial charge is 0.387 e. The number of anilines is 1. The first-order valence-electron chi connectivity index (χ1n) is 8.88. The van der Waals surface area contributed by atoms with Crippen molar-refractivity contribution in [1.29, 1.82) is 0 Å². The van der Waals surface area contributed by atoms with E-state index in [4.69, 9.17) is 22.0 Å². The second kappa shape index (κ2) is 9.34. The Balaban J connectivity index is 2.52. The second-order valence-electron chi connectivity index (χ2n) is 6.60. The summed E-state index contributed by atoms with van der Waals surface area (Å²) in [5.41, 5.74) is 14.3. The number of hydrogen-bond donors (Lipinski definition) is 4. The van der Waals surface area contributed by atoms with Gasteiger partial charge in [0.2, 0.25) is 11.9 Å². The number of sulfonamides is 1. The van der Waals surface area contributed by atoms with Gasteiger partial charge in [-0.2, -0.15) is 0 Å². The molecule has 1 amide bonds. The molecule has 0 aliphatic rings. The first-order valence-corrected chi connectivity index (χ1v) is 10.4. The first-order chi connectivity index (χ1) is 14.8. The van der Waals surface area contributed by atoms with E-state index in [0.29, 0.717) is 0 Å². The number of nitrogens with one attached hydrogen (secondary N) is 1. The van der Waals surface area contributed by atoms with Crippen molar-refractivity contribution in [2.45, 2.75) is 30.9 Å². The predicted octanol–water partition coefficient (Wildman–Crippen LogP) is -0.514. The summed E-state index contributed by atoms with van der Waals surface area (Å²) >= 11 is 0. The molecule has 0 saturated heterocycles. The fourth-order valence-electron chi connectivity index (χ4n) is 2.81. The molecule has 7 N–H and O–H groups in total. The zero-order valence-electron chi connectivity index (χ0n) is 17.0. The van der Waals surface area contributed by atoms with E-state index in [1.807, 2.05) is 0 Å². The van der Waals surface area contributed by atoms with Gasteiger partial charge in [0, 0.05) is 17.8 Å². The van der Waals surface area contributed by atoms with Crippen LogP contribution in [0, 0.1) is 17.0 Å². The monoisotopic (exact) mass is 467 g/mol. The minimum absolute atomic E-state index is 0.261. The summed E-state index contributed by atoms with van der Waals surface area (Å²) in [5.74, 6) is -1.39. The fourth-order valence-corrected chi connectivity index (χ4v) is 3.90. The normalized spacial score (nSPS) is 12.9. The Kier molecular flexibility index (Phi) is 7.04. The van der Waals surface area contributed by atoms with Gasteiger partial charge >= 0.3 is 0 Å². The van der Waals surface area contributed by atoms with Gasteiger partial charge in [-0.05, 0) is 37.2 Å². The number of nitro groups is 1. The highest BCUT2D eigenvalue weighted by molar-refractivity contribution is 7.92. The fraction of sp³-hybridized carbons (Fsp3) is 0.235. The van der Waals surface area contributed by atoms with E-state index in [9.17, 15) is 28.1 Å². The number of guanidine groups is 1. The summed E-state index contributed by atoms with van der Waals surface area (Å²) in [6.45, 7) is 2.87. The van der Waals surface area contributed by atoms with Crippen LogP contribution in [-0.4, -0.2) is 35.9 Å². The molecule has 32 heavy (non-hydrogen) atoms. The zero-order chi connectivity index (χ0) is 24.2. The molecule has 2 unspecified atom stereocenters. The van der Waals surface area contributed by atoms with Crippen LogP contribution in [0.1, 0.15) is 18.7 Å². The minimum Gasteiger partial charge on any atom is -0.387 e. The summed E-state index contributed by atoms with van der Waals surface area (Å²) in [4.78, 5) is 39.9. The minimum atomic E-state index is -4.38. The van der Waals surface area contributed by atoms with Crippen molar-refractivity contribution in [3.63, 3.8) is 0 Å². The molecular formula is C17H21N7O7S. The van der Waals surface area contributed by atoms with E-state index in [0.717, 1.165) is 22.8 Å². The van der Waals surface area contributed by atoms with Gasteiger partial charge in [0.15, 0.2) is 12.1 Å². The molecule has 2 atom stereocenters. The average molecular weight is 467 g/mol. The second-order valence-corrected chi connectivity index (χ2v) is 8.28. The quantitative estimate of drug-likeness (QED) is 0.161. The molecule has 0 saturated carbocycles. The number of aryl methyl sites for hydroxylation is 1. The van der Waals surface area contributed by atoms with Crippen LogP contribution in [0.4, 0.5) is 11.4 Å². The molecule has 0 spiro atoms. The molecule has 14 nitrogen and oxygen atoms in total. The molecule has 1 aromatic carbocycles. The lowest BCUT2D eigenvalue weighted by Gasteiger charge is -2.24. The standard InChI is InChI=1S/C17H21N7O7S/c1-9-6-7-13(22-32(29,30)12-5-3-4-11(8-12)24(27)28)16(26)23(9)14(15(18)25)10(2)31-21-17(19)20/h3-8,10,14,22H,1-2H3,(H2,18,25)(H4,19,20,21). The molecule has 1 heterocycles. The van der Waals surface area contributed by atoms with E-state index >= 15 is 0 Å². The molecule has 0 aliphatic carbocycles. The summed E-state index contributed by atoms with van der Waals surface area (Å²) in [6.07, 6.45) is -1.10. The van der Waals surface area contributed by atoms with E-state index in [2.05, 4.69) is 9.88 Å². The van der Waals surface area contributed by atoms with Gasteiger partial charge < -0.3 is 22.0 Å². The Labute approximate surface area is 181 Å². The van der Waals surface area contributed by atoms with Gasteiger partial charge in [0.25, 0.3) is 21.3 Å². The molecule has 172 valence electrons. The Bertz CT molecular complexity index is 1240. The van der Waals surface area contributed by atoms with Gasteiger partial charge in [-0.1, -0.05) is 6.07 Å². The molecule has 2 aromatic rings. The summed E-state index contributed by atoms with van der Waals surface area (Å²) in [5, 5.41) is 14.3. The smallest absolute Gasteiger partial charge is 0.275 e. The van der Waals surface area contributed by atoms with Crippen LogP contribution in [0.25, 0.3) is 0 Å². The van der Waals surface area contributed by atoms with Gasteiger partial charge in [-0.15, -0.1) is 0 Å². The van der Waals surface area contributed by atoms with Crippen LogP contribution in [0.15, 0.2) is 51.2 Å². The number of hydrogen-bond acceptors (Lipinski definition) is 8. The Morgan fingerprint density at radius 1 is 1.25 bits per heavy atom. The number of oxime groups is 1. The molecule has 15 heteroatoms. The van der Waals surface area contributed by atoms with E-state index in [1.54, 1.807) is 0 Å². The number of nitrogens with two attached hydrogens (primary N) is 3. The maximum Gasteiger partial charge on any atom is 0.275 e. The molecule has 0 aliphatic heterocycles. The van der Waals surface area contributed by atoms with Crippen LogP contribution in [-0.2, 0) is 19.7 Å². The molecule has 0 fully saturated rings. The van der Waals surface area contributed by atoms with Crippen LogP contribution in [0.3, 0.4) is 0 Å². The molecule has 2 rings (SSSR count). The Morgan fingerprint density at radius 3 is 2.47 bits per heavy atom. The number of aromatic nitrogens is 1. The maximum atomic E-state index is 13.0. The molecule has 0 radical (unpaired) electrons. The topological polar surface area (TPSA) is 228 Å².